The van der Waals surface area contributed by atoms with Crippen LogP contribution in [-0.4, -0.2) is 0 Å². The molecule has 28 heavy (non-hydrogen) atoms. The van der Waals surface area contributed by atoms with Gasteiger partial charge in [0.1, 0.15) is 12.4 Å². The highest BCUT2D eigenvalue weighted by molar-refractivity contribution is 5.24. The molecule has 0 bridgehead atoms. The average molecular weight is 379 g/mol. The number of furan rings is 1. The largest absolute Gasteiger partial charge is 0.467 e. The van der Waals surface area contributed by atoms with Crippen LogP contribution in [0.2, 0.25) is 0 Å². The van der Waals surface area contributed by atoms with Crippen molar-refractivity contribution in [3.8, 4) is 0 Å². The molecule has 0 aliphatic carbocycles. The lowest BCUT2D eigenvalue weighted by Crippen LogP contribution is -1.95. The van der Waals surface area contributed by atoms with Gasteiger partial charge >= 0.3 is 0 Å². The van der Waals surface area contributed by atoms with E-state index in [2.05, 4.69) is 82.3 Å². The molecule has 0 fully saturated rings. The predicted molar refractivity (Wildman–Crippen MR) is 117 cm³/mol. The van der Waals surface area contributed by atoms with Gasteiger partial charge in [-0.1, -0.05) is 82.3 Å². The second-order valence-corrected chi connectivity index (χ2v) is 7.34. The van der Waals surface area contributed by atoms with Crippen molar-refractivity contribution in [3.05, 3.63) is 95.4 Å². The van der Waals surface area contributed by atoms with E-state index in [0.717, 1.165) is 5.76 Å². The van der Waals surface area contributed by atoms with Gasteiger partial charge < -0.3 is 9.15 Å². The maximum Gasteiger partial charge on any atom is 0.129 e. The average Bonchev–Trinajstić information content (AvgIpc) is 3.28. The van der Waals surface area contributed by atoms with Crippen LogP contribution in [0.1, 0.15) is 74.8 Å². The van der Waals surface area contributed by atoms with Gasteiger partial charge in [-0.25, -0.2) is 0 Å². The monoisotopic (exact) mass is 378 g/mol. The third kappa shape index (κ3) is 7.36. The minimum Gasteiger partial charge on any atom is -0.467 e. The third-order valence-corrected chi connectivity index (χ3v) is 5.24. The van der Waals surface area contributed by atoms with Crippen molar-refractivity contribution in [1.29, 1.82) is 0 Å². The summed E-state index contributed by atoms with van der Waals surface area (Å²) in [5.41, 5.74) is 4.05. The zero-order valence-electron chi connectivity index (χ0n) is 17.7. The van der Waals surface area contributed by atoms with E-state index in [1.54, 1.807) is 6.26 Å². The van der Waals surface area contributed by atoms with E-state index in [-0.39, 0.29) is 0 Å². The molecule has 3 aromatic rings. The molecule has 150 valence electrons. The van der Waals surface area contributed by atoms with Crippen LogP contribution >= 0.6 is 0 Å². The van der Waals surface area contributed by atoms with Gasteiger partial charge in [-0.05, 0) is 53.5 Å². The van der Waals surface area contributed by atoms with E-state index in [4.69, 9.17) is 9.15 Å². The summed E-state index contributed by atoms with van der Waals surface area (Å²) in [6.07, 6.45) is 4.07. The first kappa shape index (κ1) is 22.0. The molecule has 0 spiro atoms. The number of rotatable bonds is 8. The van der Waals surface area contributed by atoms with Crippen LogP contribution in [0, 0.1) is 0 Å². The molecule has 0 saturated heterocycles. The highest BCUT2D eigenvalue weighted by atomic mass is 16.5. The summed E-state index contributed by atoms with van der Waals surface area (Å²) in [5.74, 6) is 2.20. The van der Waals surface area contributed by atoms with Crippen molar-refractivity contribution in [1.82, 2.24) is 0 Å². The van der Waals surface area contributed by atoms with E-state index in [1.165, 1.54) is 29.5 Å². The summed E-state index contributed by atoms with van der Waals surface area (Å²) in [4.78, 5) is 0. The lowest BCUT2D eigenvalue weighted by molar-refractivity contribution is 0.0929. The van der Waals surface area contributed by atoms with Crippen molar-refractivity contribution >= 4 is 0 Å². The third-order valence-electron chi connectivity index (χ3n) is 5.24. The predicted octanol–water partition coefficient (Wildman–Crippen LogP) is 7.71. The molecule has 1 heterocycles. The van der Waals surface area contributed by atoms with E-state index in [0.29, 0.717) is 25.0 Å². The zero-order chi connectivity index (χ0) is 20.2. The number of benzene rings is 2. The fourth-order valence-corrected chi connectivity index (χ4v) is 2.86. The molecular formula is C26H34O2. The van der Waals surface area contributed by atoms with E-state index in [9.17, 15) is 0 Å². The fraction of sp³-hybridized carbons (Fsp3) is 0.385. The molecule has 2 atom stereocenters. The number of hydrogen-bond donors (Lipinski definition) is 0. The van der Waals surface area contributed by atoms with Crippen LogP contribution < -0.4 is 0 Å². The minimum absolute atomic E-state index is 0.528. The van der Waals surface area contributed by atoms with Crippen molar-refractivity contribution in [3.63, 3.8) is 0 Å². The lowest BCUT2D eigenvalue weighted by atomic mass is 9.98. The van der Waals surface area contributed by atoms with Crippen molar-refractivity contribution in [2.24, 2.45) is 0 Å². The Bertz CT molecular complexity index is 745. The van der Waals surface area contributed by atoms with Crippen LogP contribution in [0.4, 0.5) is 0 Å². The van der Waals surface area contributed by atoms with Gasteiger partial charge in [0.2, 0.25) is 0 Å². The molecule has 0 N–H and O–H groups in total. The molecule has 0 saturated carbocycles. The van der Waals surface area contributed by atoms with Gasteiger partial charge in [0.25, 0.3) is 0 Å². The van der Waals surface area contributed by atoms with Gasteiger partial charge in [-0.15, -0.1) is 0 Å². The number of ether oxygens (including phenoxy) is 1. The molecule has 2 aromatic carbocycles. The van der Waals surface area contributed by atoms with Crippen LogP contribution in [0.3, 0.4) is 0 Å². The molecule has 1 aromatic heterocycles. The van der Waals surface area contributed by atoms with Gasteiger partial charge in [0.05, 0.1) is 12.9 Å². The quantitative estimate of drug-likeness (QED) is 0.400. The summed E-state index contributed by atoms with van der Waals surface area (Å²) in [7, 11) is 0. The molecule has 0 radical (unpaired) electrons. The first-order valence-corrected chi connectivity index (χ1v) is 10.4. The van der Waals surface area contributed by atoms with Crippen molar-refractivity contribution < 1.29 is 9.15 Å². The molecule has 2 unspecified atom stereocenters. The summed E-state index contributed by atoms with van der Waals surface area (Å²) < 4.78 is 10.8. The Labute approximate surface area is 170 Å². The Hall–Kier alpha value is -2.32. The number of hydrogen-bond acceptors (Lipinski definition) is 2. The Morgan fingerprint density at radius 1 is 0.714 bits per heavy atom. The Morgan fingerprint density at radius 3 is 1.86 bits per heavy atom. The highest BCUT2D eigenvalue weighted by Gasteiger charge is 2.03. The SMILES string of the molecule is CCC(C)c1ccc(COCc2ccco2)cc1.CCC(C)c1ccccc1. The molecule has 0 aliphatic heterocycles. The smallest absolute Gasteiger partial charge is 0.129 e. The first-order chi connectivity index (χ1) is 13.6. The van der Waals surface area contributed by atoms with Crippen LogP contribution in [0.15, 0.2) is 77.4 Å². The summed E-state index contributed by atoms with van der Waals surface area (Å²) in [5, 5.41) is 0. The van der Waals surface area contributed by atoms with Crippen molar-refractivity contribution in [2.45, 2.75) is 65.6 Å². The van der Waals surface area contributed by atoms with Gasteiger partial charge in [0, 0.05) is 0 Å². The van der Waals surface area contributed by atoms with Crippen LogP contribution in [0.25, 0.3) is 0 Å². The second-order valence-electron chi connectivity index (χ2n) is 7.34. The normalized spacial score (nSPS) is 12.7. The van der Waals surface area contributed by atoms with E-state index in [1.807, 2.05) is 12.1 Å². The Morgan fingerprint density at radius 2 is 1.32 bits per heavy atom. The molecule has 0 aliphatic rings. The summed E-state index contributed by atoms with van der Waals surface area (Å²) >= 11 is 0. The van der Waals surface area contributed by atoms with Crippen LogP contribution in [0.5, 0.6) is 0 Å². The molecule has 2 nitrogen and oxygen atoms in total. The van der Waals surface area contributed by atoms with Crippen LogP contribution in [-0.2, 0) is 18.0 Å². The van der Waals surface area contributed by atoms with E-state index < -0.39 is 0 Å². The molecule has 2 heteroatoms. The van der Waals surface area contributed by atoms with Gasteiger partial charge in [0.15, 0.2) is 0 Å². The standard InChI is InChI=1S/C16H20O2.C10H14/c1-3-13(2)15-8-6-14(7-9-15)11-17-12-16-5-4-10-18-16;1-3-9(2)10-7-5-4-6-8-10/h4-10,13H,3,11-12H2,1-2H3;4-9H,3H2,1-2H3. The summed E-state index contributed by atoms with van der Waals surface area (Å²) in [6, 6.07) is 23.1. The highest BCUT2D eigenvalue weighted by Crippen LogP contribution is 2.19. The fourth-order valence-electron chi connectivity index (χ4n) is 2.86. The molecular weight excluding hydrogens is 344 g/mol. The Balaban J connectivity index is 0.000000237. The van der Waals surface area contributed by atoms with Gasteiger partial charge in [-0.2, -0.15) is 0 Å². The maximum atomic E-state index is 5.60. The summed E-state index contributed by atoms with van der Waals surface area (Å²) in [6.45, 7) is 10.1. The maximum absolute atomic E-state index is 5.60. The first-order valence-electron chi connectivity index (χ1n) is 10.4. The second kappa shape index (κ2) is 12.2. The lowest BCUT2D eigenvalue weighted by Gasteiger charge is -2.09. The topological polar surface area (TPSA) is 22.4 Å². The van der Waals surface area contributed by atoms with Gasteiger partial charge in [-0.3, -0.25) is 0 Å². The molecule has 3 rings (SSSR count). The zero-order valence-corrected chi connectivity index (χ0v) is 17.7. The Kier molecular flexibility index (Phi) is 9.57. The molecule has 0 amide bonds. The van der Waals surface area contributed by atoms with E-state index >= 15 is 0 Å². The minimum atomic E-state index is 0.528. The van der Waals surface area contributed by atoms with Crippen molar-refractivity contribution in [2.75, 3.05) is 0 Å².